The molecular formula is C18H18N2O9. The number of hydrogen-bond acceptors (Lipinski definition) is 7. The van der Waals surface area contributed by atoms with E-state index in [-0.39, 0.29) is 23.6 Å². The second kappa shape index (κ2) is 7.18. The Morgan fingerprint density at radius 3 is 2.41 bits per heavy atom. The lowest BCUT2D eigenvalue weighted by Gasteiger charge is -2.55. The summed E-state index contributed by atoms with van der Waals surface area (Å²) in [7, 11) is 1.11. The van der Waals surface area contributed by atoms with Crippen molar-refractivity contribution in [1.29, 1.82) is 0 Å². The average Bonchev–Trinajstić information content (AvgIpc) is 2.66. The number of phenols is 1. The first-order chi connectivity index (χ1) is 13.6. The number of methoxy groups -OCH3 is 1. The van der Waals surface area contributed by atoms with E-state index in [0.717, 1.165) is 12.0 Å². The molecule has 4 N–H and O–H groups in total. The standard InChI is InChI=1S/C18H18N2O9/c1-8-7-29-17-18(28-2,16(27)20(17)12(8)15(25)26)19-13(22)11(14(23)24)9-3-5-10(21)6-4-9/h3-6,11,17,21H,7H2,1-2H3,(H,19,22)(H,23,24)(H,25,26)/t11-,17+,18-/m0/s1. The van der Waals surface area contributed by atoms with Gasteiger partial charge in [0.15, 0.2) is 12.1 Å². The summed E-state index contributed by atoms with van der Waals surface area (Å²) in [6.07, 6.45) is -1.27. The minimum Gasteiger partial charge on any atom is -0.508 e. The fraction of sp³-hybridized carbons (Fsp3) is 0.333. The molecule has 0 saturated carbocycles. The number of rotatable bonds is 6. The molecule has 1 aromatic carbocycles. The van der Waals surface area contributed by atoms with Gasteiger partial charge in [0.1, 0.15) is 11.4 Å². The van der Waals surface area contributed by atoms with Crippen molar-refractivity contribution in [3.05, 3.63) is 41.1 Å². The molecule has 3 atom stereocenters. The van der Waals surface area contributed by atoms with E-state index in [2.05, 4.69) is 5.32 Å². The maximum atomic E-state index is 12.7. The normalized spacial score (nSPS) is 24.4. The van der Waals surface area contributed by atoms with Gasteiger partial charge < -0.3 is 30.1 Å². The Balaban J connectivity index is 1.90. The zero-order valence-electron chi connectivity index (χ0n) is 15.4. The number of nitrogens with zero attached hydrogens (tertiary/aromatic N) is 1. The third-order valence-corrected chi connectivity index (χ3v) is 4.79. The number of fused-ring (bicyclic) bond motifs is 1. The molecule has 0 aliphatic carbocycles. The highest BCUT2D eigenvalue weighted by Gasteiger charge is 2.67. The molecule has 0 unspecified atom stereocenters. The number of carbonyl (C=O) groups is 4. The van der Waals surface area contributed by atoms with E-state index in [4.69, 9.17) is 9.47 Å². The SMILES string of the molecule is CO[C@@]1(NC(=O)[C@@H](C(=O)O)c2ccc(O)cc2)C(=O)N2C(C(=O)O)=C(C)CO[C@@H]21. The highest BCUT2D eigenvalue weighted by Crippen LogP contribution is 2.40. The number of carbonyl (C=O) groups excluding carboxylic acids is 2. The third kappa shape index (κ3) is 3.09. The highest BCUT2D eigenvalue weighted by atomic mass is 16.6. The van der Waals surface area contributed by atoms with Crippen LogP contribution in [0.2, 0.25) is 0 Å². The second-order valence-corrected chi connectivity index (χ2v) is 6.56. The van der Waals surface area contributed by atoms with Crippen molar-refractivity contribution in [2.24, 2.45) is 0 Å². The number of carboxylic acid groups (broad SMARTS) is 2. The maximum absolute atomic E-state index is 12.7. The molecule has 1 aromatic rings. The van der Waals surface area contributed by atoms with Gasteiger partial charge in [-0.1, -0.05) is 12.1 Å². The van der Waals surface area contributed by atoms with Gasteiger partial charge in [-0.05, 0) is 30.2 Å². The minimum atomic E-state index is -2.07. The van der Waals surface area contributed by atoms with E-state index in [1.807, 2.05) is 0 Å². The summed E-state index contributed by atoms with van der Waals surface area (Å²) in [6, 6.07) is 4.96. The number of aromatic hydroxyl groups is 1. The van der Waals surface area contributed by atoms with Crippen LogP contribution in [-0.4, -0.2) is 69.6 Å². The van der Waals surface area contributed by atoms with Gasteiger partial charge in [-0.3, -0.25) is 19.3 Å². The van der Waals surface area contributed by atoms with Crippen molar-refractivity contribution in [3.8, 4) is 5.75 Å². The Labute approximate surface area is 164 Å². The Morgan fingerprint density at radius 1 is 1.28 bits per heavy atom. The van der Waals surface area contributed by atoms with E-state index in [1.54, 1.807) is 0 Å². The summed E-state index contributed by atoms with van der Waals surface area (Å²) in [5.41, 5.74) is -1.97. The molecule has 29 heavy (non-hydrogen) atoms. The average molecular weight is 406 g/mol. The summed E-state index contributed by atoms with van der Waals surface area (Å²) >= 11 is 0. The predicted octanol–water partition coefficient (Wildman–Crippen LogP) is -0.424. The number of benzene rings is 1. The first-order valence-electron chi connectivity index (χ1n) is 8.41. The van der Waals surface area contributed by atoms with Crippen molar-refractivity contribution in [1.82, 2.24) is 10.2 Å². The number of hydrogen-bond donors (Lipinski definition) is 4. The summed E-state index contributed by atoms with van der Waals surface area (Å²) in [5, 5.41) is 30.5. The van der Waals surface area contributed by atoms with E-state index in [9.17, 15) is 34.5 Å². The summed E-state index contributed by atoms with van der Waals surface area (Å²) in [4.78, 5) is 49.5. The summed E-state index contributed by atoms with van der Waals surface area (Å²) in [5.74, 6) is -6.61. The molecule has 11 heteroatoms. The fourth-order valence-corrected chi connectivity index (χ4v) is 3.36. The number of carboxylic acids is 2. The number of aliphatic carboxylic acids is 2. The van der Waals surface area contributed by atoms with Gasteiger partial charge in [0.2, 0.25) is 5.91 Å². The Morgan fingerprint density at radius 2 is 1.90 bits per heavy atom. The molecule has 3 rings (SSSR count). The predicted molar refractivity (Wildman–Crippen MR) is 93.3 cm³/mol. The number of amides is 2. The zero-order valence-corrected chi connectivity index (χ0v) is 15.4. The van der Waals surface area contributed by atoms with Gasteiger partial charge in [0.25, 0.3) is 11.6 Å². The van der Waals surface area contributed by atoms with E-state index < -0.39 is 41.6 Å². The molecule has 2 aliphatic heterocycles. The molecule has 0 bridgehead atoms. The minimum absolute atomic E-state index is 0.0641. The molecule has 2 aliphatic rings. The number of nitrogens with one attached hydrogen (secondary N) is 1. The van der Waals surface area contributed by atoms with Crippen molar-refractivity contribution < 1.29 is 44.0 Å². The molecule has 11 nitrogen and oxygen atoms in total. The van der Waals surface area contributed by atoms with Gasteiger partial charge in [-0.15, -0.1) is 0 Å². The lowest BCUT2D eigenvalue weighted by atomic mass is 9.92. The molecule has 0 spiro atoms. The van der Waals surface area contributed by atoms with Crippen molar-refractivity contribution in [2.45, 2.75) is 24.8 Å². The number of ether oxygens (including phenoxy) is 2. The monoisotopic (exact) mass is 406 g/mol. The quantitative estimate of drug-likeness (QED) is 0.279. The van der Waals surface area contributed by atoms with Crippen molar-refractivity contribution in [2.75, 3.05) is 13.7 Å². The van der Waals surface area contributed by atoms with Crippen LogP contribution in [0, 0.1) is 0 Å². The topological polar surface area (TPSA) is 163 Å². The van der Waals surface area contributed by atoms with Crippen LogP contribution >= 0.6 is 0 Å². The van der Waals surface area contributed by atoms with Gasteiger partial charge in [-0.25, -0.2) is 4.79 Å². The Kier molecular flexibility index (Phi) is 5.03. The zero-order chi connectivity index (χ0) is 21.5. The lowest BCUT2D eigenvalue weighted by molar-refractivity contribution is -0.258. The van der Waals surface area contributed by atoms with Crippen molar-refractivity contribution in [3.63, 3.8) is 0 Å². The molecule has 1 fully saturated rings. The molecule has 0 radical (unpaired) electrons. The molecule has 2 heterocycles. The van der Waals surface area contributed by atoms with Crippen LogP contribution in [0.15, 0.2) is 35.5 Å². The van der Waals surface area contributed by atoms with E-state index >= 15 is 0 Å². The van der Waals surface area contributed by atoms with Crippen LogP contribution in [0.5, 0.6) is 5.75 Å². The van der Waals surface area contributed by atoms with Gasteiger partial charge in [0, 0.05) is 7.11 Å². The van der Waals surface area contributed by atoms with Crippen LogP contribution in [0.25, 0.3) is 0 Å². The molecular weight excluding hydrogens is 388 g/mol. The van der Waals surface area contributed by atoms with E-state index in [1.165, 1.54) is 31.2 Å². The number of phenolic OH excluding ortho intramolecular Hbond substituents is 1. The summed E-state index contributed by atoms with van der Waals surface area (Å²) in [6.45, 7) is 1.38. The molecule has 2 amide bonds. The molecule has 0 aromatic heterocycles. The molecule has 1 saturated heterocycles. The van der Waals surface area contributed by atoms with Crippen LogP contribution in [0.1, 0.15) is 18.4 Å². The molecule has 154 valence electrons. The largest absolute Gasteiger partial charge is 0.508 e. The Bertz CT molecular complexity index is 924. The summed E-state index contributed by atoms with van der Waals surface area (Å²) < 4.78 is 10.7. The second-order valence-electron chi connectivity index (χ2n) is 6.56. The lowest BCUT2D eigenvalue weighted by Crippen LogP contribution is -2.82. The van der Waals surface area contributed by atoms with Crippen LogP contribution in [-0.2, 0) is 28.7 Å². The highest BCUT2D eigenvalue weighted by molar-refractivity contribution is 6.07. The van der Waals surface area contributed by atoms with Crippen LogP contribution < -0.4 is 5.32 Å². The van der Waals surface area contributed by atoms with Gasteiger partial charge >= 0.3 is 11.9 Å². The maximum Gasteiger partial charge on any atom is 0.352 e. The van der Waals surface area contributed by atoms with Crippen molar-refractivity contribution >= 4 is 23.8 Å². The van der Waals surface area contributed by atoms with Gasteiger partial charge in [0.05, 0.1) is 6.61 Å². The van der Waals surface area contributed by atoms with E-state index in [0.29, 0.717) is 5.57 Å². The smallest absolute Gasteiger partial charge is 0.352 e. The van der Waals surface area contributed by atoms with Gasteiger partial charge in [-0.2, -0.15) is 0 Å². The number of β-lactam (4-membered cyclic amide) rings is 1. The van der Waals surface area contributed by atoms with Crippen LogP contribution in [0.3, 0.4) is 0 Å². The first kappa shape index (κ1) is 20.3. The third-order valence-electron chi connectivity index (χ3n) is 4.79. The Hall–Kier alpha value is -3.44. The van der Waals surface area contributed by atoms with Crippen LogP contribution in [0.4, 0.5) is 0 Å². The first-order valence-corrected chi connectivity index (χ1v) is 8.41. The fourth-order valence-electron chi connectivity index (χ4n) is 3.36.